The molecule has 1 aliphatic carbocycles. The van der Waals surface area contributed by atoms with E-state index in [2.05, 4.69) is 31.3 Å². The van der Waals surface area contributed by atoms with Crippen LogP contribution in [-0.2, 0) is 6.54 Å². The average molecular weight is 272 g/mol. The molecule has 0 radical (unpaired) electrons. The predicted octanol–water partition coefficient (Wildman–Crippen LogP) is 3.50. The van der Waals surface area contributed by atoms with E-state index in [4.69, 9.17) is 10.00 Å². The van der Waals surface area contributed by atoms with Crippen molar-refractivity contribution in [3.05, 3.63) is 29.8 Å². The first-order valence-electron chi connectivity index (χ1n) is 7.44. The number of ether oxygens (including phenoxy) is 1. The molecule has 20 heavy (non-hydrogen) atoms. The predicted molar refractivity (Wildman–Crippen MR) is 80.4 cm³/mol. The number of benzene rings is 1. The second kappa shape index (κ2) is 6.76. The Labute approximate surface area is 121 Å². The van der Waals surface area contributed by atoms with Crippen LogP contribution in [0.4, 0.5) is 0 Å². The van der Waals surface area contributed by atoms with E-state index in [1.807, 2.05) is 18.2 Å². The highest BCUT2D eigenvalue weighted by molar-refractivity contribution is 5.33. The van der Waals surface area contributed by atoms with Crippen LogP contribution in [0.15, 0.2) is 24.3 Å². The monoisotopic (exact) mass is 272 g/mol. The van der Waals surface area contributed by atoms with Gasteiger partial charge in [-0.3, -0.25) is 0 Å². The van der Waals surface area contributed by atoms with Crippen LogP contribution >= 0.6 is 0 Å². The van der Waals surface area contributed by atoms with Gasteiger partial charge >= 0.3 is 0 Å². The first kappa shape index (κ1) is 14.9. The Bertz CT molecular complexity index is 472. The zero-order chi connectivity index (χ0) is 14.4. The van der Waals surface area contributed by atoms with Crippen molar-refractivity contribution in [2.24, 2.45) is 11.3 Å². The maximum absolute atomic E-state index is 8.85. The summed E-state index contributed by atoms with van der Waals surface area (Å²) in [6.45, 7) is 6.91. The molecule has 0 aliphatic heterocycles. The molecule has 3 nitrogen and oxygen atoms in total. The fraction of sp³-hybridized carbons (Fsp3) is 0.588. The minimum Gasteiger partial charge on any atom is -0.493 e. The highest BCUT2D eigenvalue weighted by Gasteiger charge is 2.43. The van der Waals surface area contributed by atoms with Crippen LogP contribution in [0, 0.1) is 22.7 Å². The van der Waals surface area contributed by atoms with Gasteiger partial charge in [-0.1, -0.05) is 32.0 Å². The third kappa shape index (κ3) is 4.25. The highest BCUT2D eigenvalue weighted by Crippen LogP contribution is 2.48. The second-order valence-corrected chi connectivity index (χ2v) is 6.26. The van der Waals surface area contributed by atoms with Gasteiger partial charge in [-0.05, 0) is 31.4 Å². The van der Waals surface area contributed by atoms with Gasteiger partial charge in [0.2, 0.25) is 0 Å². The molecule has 108 valence electrons. The van der Waals surface area contributed by atoms with E-state index in [0.29, 0.717) is 18.9 Å². The third-order valence-corrected chi connectivity index (χ3v) is 3.79. The fourth-order valence-corrected chi connectivity index (χ4v) is 2.23. The zero-order valence-corrected chi connectivity index (χ0v) is 12.5. The minimum atomic E-state index is 0.132. The Morgan fingerprint density at radius 1 is 1.35 bits per heavy atom. The summed E-state index contributed by atoms with van der Waals surface area (Å²) in [5.74, 6) is 1.60. The molecule has 1 aliphatic rings. The quantitative estimate of drug-likeness (QED) is 0.787. The molecule has 0 spiro atoms. The van der Waals surface area contributed by atoms with E-state index < -0.39 is 0 Å². The van der Waals surface area contributed by atoms with Gasteiger partial charge < -0.3 is 10.1 Å². The summed E-state index contributed by atoms with van der Waals surface area (Å²) >= 11 is 0. The minimum absolute atomic E-state index is 0.132. The molecule has 1 N–H and O–H groups in total. The molecule has 1 fully saturated rings. The summed E-state index contributed by atoms with van der Waals surface area (Å²) in [5, 5.41) is 12.3. The van der Waals surface area contributed by atoms with Crippen LogP contribution in [0.2, 0.25) is 0 Å². The van der Waals surface area contributed by atoms with Crippen molar-refractivity contribution in [1.29, 1.82) is 5.26 Å². The van der Waals surface area contributed by atoms with Crippen molar-refractivity contribution in [1.82, 2.24) is 5.32 Å². The number of rotatable bonds is 8. The first-order chi connectivity index (χ1) is 9.65. The Morgan fingerprint density at radius 3 is 2.75 bits per heavy atom. The SMILES string of the molecule is CC(C)CNCc1ccccc1OCC1(CC#N)CC1. The maximum atomic E-state index is 8.85. The number of nitrogens with zero attached hydrogens (tertiary/aromatic N) is 1. The van der Waals surface area contributed by atoms with Crippen LogP contribution < -0.4 is 10.1 Å². The van der Waals surface area contributed by atoms with Crippen LogP contribution in [0.25, 0.3) is 0 Å². The van der Waals surface area contributed by atoms with Gasteiger partial charge in [-0.25, -0.2) is 0 Å². The second-order valence-electron chi connectivity index (χ2n) is 6.26. The van der Waals surface area contributed by atoms with E-state index in [9.17, 15) is 0 Å². The van der Waals surface area contributed by atoms with Crippen molar-refractivity contribution in [3.63, 3.8) is 0 Å². The molecule has 0 heterocycles. The molecule has 1 saturated carbocycles. The lowest BCUT2D eigenvalue weighted by Gasteiger charge is -2.16. The van der Waals surface area contributed by atoms with Gasteiger partial charge in [0.05, 0.1) is 12.7 Å². The summed E-state index contributed by atoms with van der Waals surface area (Å²) in [6.07, 6.45) is 2.85. The standard InChI is InChI=1S/C17H24N2O/c1-14(2)11-19-12-15-5-3-4-6-16(15)20-13-17(7-8-17)9-10-18/h3-6,14,19H,7-9,11-13H2,1-2H3. The summed E-state index contributed by atoms with van der Waals surface area (Å²) in [5.41, 5.74) is 1.33. The molecule has 0 bridgehead atoms. The van der Waals surface area contributed by atoms with Crippen LogP contribution in [0.1, 0.15) is 38.7 Å². The first-order valence-corrected chi connectivity index (χ1v) is 7.44. The summed E-state index contributed by atoms with van der Waals surface area (Å²) in [7, 11) is 0. The molecule has 0 amide bonds. The normalized spacial score (nSPS) is 15.9. The summed E-state index contributed by atoms with van der Waals surface area (Å²) in [4.78, 5) is 0. The lowest BCUT2D eigenvalue weighted by atomic mass is 10.1. The lowest BCUT2D eigenvalue weighted by Crippen LogP contribution is -2.20. The largest absolute Gasteiger partial charge is 0.493 e. The van der Waals surface area contributed by atoms with Crippen molar-refractivity contribution in [3.8, 4) is 11.8 Å². The lowest BCUT2D eigenvalue weighted by molar-refractivity contribution is 0.234. The molecule has 2 rings (SSSR count). The van der Waals surface area contributed by atoms with E-state index >= 15 is 0 Å². The Hall–Kier alpha value is -1.53. The Kier molecular flexibility index (Phi) is 5.03. The number of nitrogens with one attached hydrogen (secondary N) is 1. The number of hydrogen-bond acceptors (Lipinski definition) is 3. The summed E-state index contributed by atoms with van der Waals surface area (Å²) in [6, 6.07) is 10.5. The number of para-hydroxylation sites is 1. The number of hydrogen-bond donors (Lipinski definition) is 1. The topological polar surface area (TPSA) is 45.0 Å². The summed E-state index contributed by atoms with van der Waals surface area (Å²) < 4.78 is 5.98. The van der Waals surface area contributed by atoms with Crippen molar-refractivity contribution < 1.29 is 4.74 Å². The van der Waals surface area contributed by atoms with Crippen LogP contribution in [-0.4, -0.2) is 13.2 Å². The van der Waals surface area contributed by atoms with Gasteiger partial charge in [0.25, 0.3) is 0 Å². The van der Waals surface area contributed by atoms with E-state index in [-0.39, 0.29) is 5.41 Å². The van der Waals surface area contributed by atoms with Crippen molar-refractivity contribution in [2.45, 2.75) is 39.7 Å². The van der Waals surface area contributed by atoms with Crippen molar-refractivity contribution in [2.75, 3.05) is 13.2 Å². The van der Waals surface area contributed by atoms with E-state index in [0.717, 1.165) is 31.7 Å². The molecular formula is C17H24N2O. The molecule has 1 aromatic carbocycles. The zero-order valence-electron chi connectivity index (χ0n) is 12.5. The van der Waals surface area contributed by atoms with Gasteiger partial charge in [0.15, 0.2) is 0 Å². The number of nitriles is 1. The molecule has 0 saturated heterocycles. The molecular weight excluding hydrogens is 248 g/mol. The van der Waals surface area contributed by atoms with Gasteiger partial charge in [-0.15, -0.1) is 0 Å². The van der Waals surface area contributed by atoms with Crippen LogP contribution in [0.3, 0.4) is 0 Å². The molecule has 0 atom stereocenters. The molecule has 0 unspecified atom stereocenters. The smallest absolute Gasteiger partial charge is 0.123 e. The Balaban J connectivity index is 1.89. The van der Waals surface area contributed by atoms with Gasteiger partial charge in [0, 0.05) is 23.9 Å². The van der Waals surface area contributed by atoms with E-state index in [1.54, 1.807) is 0 Å². The molecule has 0 aromatic heterocycles. The Morgan fingerprint density at radius 2 is 2.10 bits per heavy atom. The van der Waals surface area contributed by atoms with E-state index in [1.165, 1.54) is 5.56 Å². The maximum Gasteiger partial charge on any atom is 0.123 e. The average Bonchev–Trinajstić information content (AvgIpc) is 3.18. The van der Waals surface area contributed by atoms with Crippen LogP contribution in [0.5, 0.6) is 5.75 Å². The van der Waals surface area contributed by atoms with Gasteiger partial charge in [-0.2, -0.15) is 5.26 Å². The highest BCUT2D eigenvalue weighted by atomic mass is 16.5. The molecule has 3 heteroatoms. The molecule has 1 aromatic rings. The fourth-order valence-electron chi connectivity index (χ4n) is 2.23. The van der Waals surface area contributed by atoms with Gasteiger partial charge in [0.1, 0.15) is 5.75 Å². The van der Waals surface area contributed by atoms with Crippen molar-refractivity contribution >= 4 is 0 Å². The third-order valence-electron chi connectivity index (χ3n) is 3.79.